The van der Waals surface area contributed by atoms with Crippen LogP contribution in [0.3, 0.4) is 0 Å². The van der Waals surface area contributed by atoms with Crippen molar-refractivity contribution in [3.05, 3.63) is 41.9 Å². The molecule has 31 heavy (non-hydrogen) atoms. The topological polar surface area (TPSA) is 114 Å². The van der Waals surface area contributed by atoms with Gasteiger partial charge < -0.3 is 24.7 Å². The van der Waals surface area contributed by atoms with Crippen molar-refractivity contribution < 1.29 is 23.5 Å². The highest BCUT2D eigenvalue weighted by atomic mass is 16.5. The number of hydrogen-bond acceptors (Lipinski definition) is 6. The fourth-order valence-electron chi connectivity index (χ4n) is 4.22. The van der Waals surface area contributed by atoms with Gasteiger partial charge in [-0.15, -0.1) is 0 Å². The van der Waals surface area contributed by atoms with Gasteiger partial charge in [-0.2, -0.15) is 0 Å². The van der Waals surface area contributed by atoms with Crippen molar-refractivity contribution in [2.24, 2.45) is 0 Å². The third-order valence-corrected chi connectivity index (χ3v) is 5.77. The second kappa shape index (κ2) is 8.50. The lowest BCUT2D eigenvalue weighted by Crippen LogP contribution is -2.57. The summed E-state index contributed by atoms with van der Waals surface area (Å²) in [7, 11) is 0. The molecule has 2 aliphatic rings. The van der Waals surface area contributed by atoms with E-state index in [1.165, 1.54) is 13.3 Å². The van der Waals surface area contributed by atoms with E-state index in [0.29, 0.717) is 38.4 Å². The van der Waals surface area contributed by atoms with Crippen LogP contribution >= 0.6 is 0 Å². The van der Waals surface area contributed by atoms with Crippen LogP contribution in [0.5, 0.6) is 0 Å². The van der Waals surface area contributed by atoms with Gasteiger partial charge in [0.25, 0.3) is 5.91 Å². The summed E-state index contributed by atoms with van der Waals surface area (Å²) >= 11 is 0. The van der Waals surface area contributed by atoms with Crippen molar-refractivity contribution in [2.45, 2.75) is 38.3 Å². The molecule has 0 aliphatic carbocycles. The molecule has 4 rings (SSSR count). The molecule has 2 aliphatic heterocycles. The van der Waals surface area contributed by atoms with Crippen molar-refractivity contribution in [3.8, 4) is 11.3 Å². The van der Waals surface area contributed by atoms with E-state index in [2.05, 4.69) is 15.6 Å². The molecule has 2 fully saturated rings. The number of aromatic nitrogens is 1. The Labute approximate surface area is 180 Å². The first-order valence-electron chi connectivity index (χ1n) is 10.3. The second-order valence-corrected chi connectivity index (χ2v) is 8.22. The summed E-state index contributed by atoms with van der Waals surface area (Å²) in [5, 5.41) is 5.72. The van der Waals surface area contributed by atoms with Gasteiger partial charge in [-0.25, -0.2) is 4.98 Å². The van der Waals surface area contributed by atoms with Crippen molar-refractivity contribution in [2.75, 3.05) is 26.3 Å². The lowest BCUT2D eigenvalue weighted by atomic mass is 9.89. The Morgan fingerprint density at radius 1 is 1.29 bits per heavy atom. The fourth-order valence-corrected chi connectivity index (χ4v) is 4.22. The number of amides is 3. The SMILES string of the molecule is CC(=O)NC1CN(C(=O)c2ncoc2-c2cccc(C)c2)CC2(CCOCC2)NC1=O. The van der Waals surface area contributed by atoms with Crippen LogP contribution in [-0.4, -0.2) is 65.5 Å². The predicted molar refractivity (Wildman–Crippen MR) is 111 cm³/mol. The standard InChI is InChI=1S/C22H26N4O5/c1-14-4-3-5-16(10-14)19-18(23-13-31-19)21(29)26-11-17(24-15(2)27)20(28)25-22(12-26)6-8-30-9-7-22/h3-5,10,13,17H,6-9,11-12H2,1-2H3,(H,24,27)(H,25,28). The average molecular weight is 426 g/mol. The number of nitrogens with one attached hydrogen (secondary N) is 2. The summed E-state index contributed by atoms with van der Waals surface area (Å²) in [6.45, 7) is 4.64. The molecule has 3 heterocycles. The summed E-state index contributed by atoms with van der Waals surface area (Å²) in [5.41, 5.74) is 1.36. The molecule has 3 amide bonds. The van der Waals surface area contributed by atoms with E-state index >= 15 is 0 Å². The number of carbonyl (C=O) groups excluding carboxylic acids is 3. The van der Waals surface area contributed by atoms with Gasteiger partial charge in [-0.3, -0.25) is 14.4 Å². The fraction of sp³-hybridized carbons (Fsp3) is 0.455. The van der Waals surface area contributed by atoms with Crippen LogP contribution in [-0.2, 0) is 14.3 Å². The Hall–Kier alpha value is -3.20. The van der Waals surface area contributed by atoms with Crippen LogP contribution in [0.4, 0.5) is 0 Å². The smallest absolute Gasteiger partial charge is 0.276 e. The van der Waals surface area contributed by atoms with Crippen LogP contribution in [0.15, 0.2) is 35.1 Å². The maximum atomic E-state index is 13.6. The van der Waals surface area contributed by atoms with E-state index in [-0.39, 0.29) is 30.0 Å². The number of rotatable bonds is 3. The highest BCUT2D eigenvalue weighted by Crippen LogP contribution is 2.28. The minimum Gasteiger partial charge on any atom is -0.443 e. The van der Waals surface area contributed by atoms with Crippen LogP contribution in [0, 0.1) is 6.92 Å². The third kappa shape index (κ3) is 4.46. The number of carbonyl (C=O) groups is 3. The summed E-state index contributed by atoms with van der Waals surface area (Å²) < 4.78 is 11.0. The Morgan fingerprint density at radius 2 is 2.06 bits per heavy atom. The molecule has 1 spiro atoms. The molecule has 9 nitrogen and oxygen atoms in total. The summed E-state index contributed by atoms with van der Waals surface area (Å²) in [6, 6.07) is 6.78. The number of ether oxygens (including phenoxy) is 1. The van der Waals surface area contributed by atoms with Crippen molar-refractivity contribution in [1.29, 1.82) is 0 Å². The van der Waals surface area contributed by atoms with Gasteiger partial charge in [0.15, 0.2) is 17.8 Å². The number of oxazole rings is 1. The van der Waals surface area contributed by atoms with E-state index in [0.717, 1.165) is 11.1 Å². The average Bonchev–Trinajstić information content (AvgIpc) is 3.18. The van der Waals surface area contributed by atoms with Crippen LogP contribution in [0.25, 0.3) is 11.3 Å². The number of hydrogen-bond donors (Lipinski definition) is 2. The molecule has 0 radical (unpaired) electrons. The molecular formula is C22H26N4O5. The van der Waals surface area contributed by atoms with E-state index < -0.39 is 11.6 Å². The predicted octanol–water partition coefficient (Wildman–Crippen LogP) is 1.28. The molecule has 2 aromatic rings. The Balaban J connectivity index is 1.67. The van der Waals surface area contributed by atoms with Crippen LogP contribution < -0.4 is 10.6 Å². The summed E-state index contributed by atoms with van der Waals surface area (Å²) in [4.78, 5) is 43.9. The highest BCUT2D eigenvalue weighted by Gasteiger charge is 2.43. The Morgan fingerprint density at radius 3 is 2.77 bits per heavy atom. The molecule has 1 atom stereocenters. The normalized spacial score (nSPS) is 20.8. The number of nitrogens with zero attached hydrogens (tertiary/aromatic N) is 2. The van der Waals surface area contributed by atoms with Gasteiger partial charge in [-0.05, 0) is 25.8 Å². The zero-order valence-corrected chi connectivity index (χ0v) is 17.6. The summed E-state index contributed by atoms with van der Waals surface area (Å²) in [5.74, 6) is -0.596. The molecule has 0 bridgehead atoms. The first-order chi connectivity index (χ1) is 14.9. The van der Waals surface area contributed by atoms with Gasteiger partial charge in [0.2, 0.25) is 11.8 Å². The van der Waals surface area contributed by atoms with Crippen LogP contribution in [0.1, 0.15) is 35.8 Å². The molecule has 2 saturated heterocycles. The number of aryl methyl sites for hydroxylation is 1. The lowest BCUT2D eigenvalue weighted by Gasteiger charge is -2.39. The Kier molecular flexibility index (Phi) is 5.77. The van der Waals surface area contributed by atoms with Gasteiger partial charge in [-0.1, -0.05) is 23.8 Å². The molecule has 1 unspecified atom stereocenters. The minimum atomic E-state index is -0.849. The minimum absolute atomic E-state index is 0.0486. The quantitative estimate of drug-likeness (QED) is 0.764. The largest absolute Gasteiger partial charge is 0.443 e. The highest BCUT2D eigenvalue weighted by molar-refractivity contribution is 5.98. The molecule has 164 valence electrons. The second-order valence-electron chi connectivity index (χ2n) is 8.22. The Bertz CT molecular complexity index is 995. The van der Waals surface area contributed by atoms with Gasteiger partial charge in [0.1, 0.15) is 6.04 Å². The molecule has 1 aromatic heterocycles. The number of benzene rings is 1. The third-order valence-electron chi connectivity index (χ3n) is 5.77. The zero-order chi connectivity index (χ0) is 22.0. The van der Waals surface area contributed by atoms with Crippen LogP contribution in [0.2, 0.25) is 0 Å². The van der Waals surface area contributed by atoms with Gasteiger partial charge in [0, 0.05) is 32.2 Å². The van der Waals surface area contributed by atoms with E-state index in [4.69, 9.17) is 9.15 Å². The zero-order valence-electron chi connectivity index (χ0n) is 17.6. The van der Waals surface area contributed by atoms with E-state index in [1.54, 1.807) is 4.90 Å². The van der Waals surface area contributed by atoms with Crippen molar-refractivity contribution in [1.82, 2.24) is 20.5 Å². The first-order valence-corrected chi connectivity index (χ1v) is 10.3. The van der Waals surface area contributed by atoms with Gasteiger partial charge >= 0.3 is 0 Å². The van der Waals surface area contributed by atoms with Crippen molar-refractivity contribution >= 4 is 17.7 Å². The lowest BCUT2D eigenvalue weighted by molar-refractivity contribution is -0.129. The maximum absolute atomic E-state index is 13.6. The first kappa shape index (κ1) is 21.0. The maximum Gasteiger partial charge on any atom is 0.276 e. The molecular weight excluding hydrogens is 400 g/mol. The molecule has 9 heteroatoms. The monoisotopic (exact) mass is 426 g/mol. The van der Waals surface area contributed by atoms with Crippen molar-refractivity contribution in [3.63, 3.8) is 0 Å². The summed E-state index contributed by atoms with van der Waals surface area (Å²) in [6.07, 6.45) is 2.42. The van der Waals surface area contributed by atoms with Gasteiger partial charge in [0.05, 0.1) is 12.1 Å². The molecule has 1 aromatic carbocycles. The molecule has 2 N–H and O–H groups in total. The molecule has 0 saturated carbocycles. The van der Waals surface area contributed by atoms with E-state index in [1.807, 2.05) is 31.2 Å². The van der Waals surface area contributed by atoms with E-state index in [9.17, 15) is 14.4 Å².